The minimum atomic E-state index is -0.895. The van der Waals surface area contributed by atoms with Gasteiger partial charge in [-0.05, 0) is 26.7 Å². The maximum absolute atomic E-state index is 10.4. The van der Waals surface area contributed by atoms with Crippen molar-refractivity contribution in [2.24, 2.45) is 0 Å². The molecule has 1 atom stereocenters. The normalized spacial score (nSPS) is 14.6. The Morgan fingerprint density at radius 3 is 2.45 bits per heavy atom. The number of aliphatic hydroxyl groups excluding tert-OH is 1. The highest BCUT2D eigenvalue weighted by atomic mass is 16.4. The van der Waals surface area contributed by atoms with Gasteiger partial charge in [0, 0.05) is 5.57 Å². The van der Waals surface area contributed by atoms with Crippen LogP contribution >= 0.6 is 0 Å². The summed E-state index contributed by atoms with van der Waals surface area (Å²) in [4.78, 5) is 10.4. The molecule has 0 aromatic carbocycles. The first-order valence-electron chi connectivity index (χ1n) is 3.64. The van der Waals surface area contributed by atoms with Gasteiger partial charge in [-0.2, -0.15) is 0 Å². The van der Waals surface area contributed by atoms with Gasteiger partial charge in [0.25, 0.3) is 0 Å². The maximum atomic E-state index is 10.4. The van der Waals surface area contributed by atoms with Crippen molar-refractivity contribution in [2.45, 2.75) is 32.8 Å². The minimum absolute atomic E-state index is 0.367. The standard InChI is InChI=1S/C8H14O3/c1-3-7(8(10)11)5-4-6(2)9/h3,6,9H,4-5H2,1-2H3,(H,10,11). The highest BCUT2D eigenvalue weighted by molar-refractivity contribution is 5.86. The number of rotatable bonds is 4. The van der Waals surface area contributed by atoms with Crippen molar-refractivity contribution in [3.8, 4) is 0 Å². The van der Waals surface area contributed by atoms with Crippen molar-refractivity contribution in [2.75, 3.05) is 0 Å². The van der Waals surface area contributed by atoms with Crippen molar-refractivity contribution in [3.05, 3.63) is 11.6 Å². The van der Waals surface area contributed by atoms with Crippen LogP contribution in [0.25, 0.3) is 0 Å². The summed E-state index contributed by atoms with van der Waals surface area (Å²) in [5.74, 6) is -0.895. The van der Waals surface area contributed by atoms with Gasteiger partial charge in [-0.25, -0.2) is 4.79 Å². The molecule has 2 N–H and O–H groups in total. The predicted octanol–water partition coefficient (Wildman–Crippen LogP) is 1.18. The summed E-state index contributed by atoms with van der Waals surface area (Å²) < 4.78 is 0. The third-order valence-corrected chi connectivity index (χ3v) is 1.45. The van der Waals surface area contributed by atoms with Crippen molar-refractivity contribution in [3.63, 3.8) is 0 Å². The molecule has 0 bridgehead atoms. The molecule has 0 rings (SSSR count). The summed E-state index contributed by atoms with van der Waals surface area (Å²) in [6.45, 7) is 3.33. The molecule has 0 spiro atoms. The van der Waals surface area contributed by atoms with Crippen LogP contribution in [0.2, 0.25) is 0 Å². The smallest absolute Gasteiger partial charge is 0.331 e. The molecule has 0 fully saturated rings. The van der Waals surface area contributed by atoms with E-state index in [4.69, 9.17) is 10.2 Å². The Hall–Kier alpha value is -0.830. The molecule has 0 amide bonds. The van der Waals surface area contributed by atoms with Gasteiger partial charge >= 0.3 is 5.97 Å². The summed E-state index contributed by atoms with van der Waals surface area (Å²) in [6, 6.07) is 0. The Morgan fingerprint density at radius 2 is 2.18 bits per heavy atom. The molecule has 0 saturated heterocycles. The first-order chi connectivity index (χ1) is 5.07. The molecule has 0 aliphatic carbocycles. The second-order valence-electron chi connectivity index (χ2n) is 2.51. The van der Waals surface area contributed by atoms with Gasteiger partial charge in [-0.15, -0.1) is 0 Å². The number of hydrogen-bond donors (Lipinski definition) is 2. The molecule has 1 unspecified atom stereocenters. The fourth-order valence-electron chi connectivity index (χ4n) is 0.739. The lowest BCUT2D eigenvalue weighted by molar-refractivity contribution is -0.132. The molecular weight excluding hydrogens is 144 g/mol. The zero-order valence-corrected chi connectivity index (χ0v) is 6.87. The van der Waals surface area contributed by atoms with Gasteiger partial charge in [0.05, 0.1) is 6.10 Å². The van der Waals surface area contributed by atoms with Gasteiger partial charge in [0.2, 0.25) is 0 Å². The number of hydrogen-bond acceptors (Lipinski definition) is 2. The van der Waals surface area contributed by atoms with E-state index in [1.165, 1.54) is 0 Å². The van der Waals surface area contributed by atoms with E-state index in [-0.39, 0.29) is 0 Å². The lowest BCUT2D eigenvalue weighted by Crippen LogP contribution is -2.05. The Kier molecular flexibility index (Phi) is 4.54. The molecule has 11 heavy (non-hydrogen) atoms. The molecule has 0 heterocycles. The zero-order valence-electron chi connectivity index (χ0n) is 6.87. The van der Waals surface area contributed by atoms with E-state index in [1.54, 1.807) is 19.9 Å². The first kappa shape index (κ1) is 10.2. The fourth-order valence-corrected chi connectivity index (χ4v) is 0.739. The monoisotopic (exact) mass is 158 g/mol. The SMILES string of the molecule is CC=C(CCC(C)O)C(=O)O. The number of allylic oxidation sites excluding steroid dienone is 1. The summed E-state index contributed by atoms with van der Waals surface area (Å²) >= 11 is 0. The van der Waals surface area contributed by atoms with Crippen LogP contribution in [0.5, 0.6) is 0 Å². The van der Waals surface area contributed by atoms with E-state index in [2.05, 4.69) is 0 Å². The van der Waals surface area contributed by atoms with Gasteiger partial charge in [-0.3, -0.25) is 0 Å². The molecule has 0 aliphatic heterocycles. The number of carboxylic acids is 1. The number of carboxylic acid groups (broad SMARTS) is 1. The summed E-state index contributed by atoms with van der Waals surface area (Å²) in [7, 11) is 0. The Morgan fingerprint density at radius 1 is 1.64 bits per heavy atom. The molecule has 0 aromatic heterocycles. The summed E-state index contributed by atoms with van der Waals surface area (Å²) in [5.41, 5.74) is 0.367. The van der Waals surface area contributed by atoms with E-state index in [0.717, 1.165) is 0 Å². The lowest BCUT2D eigenvalue weighted by Gasteiger charge is -2.03. The Labute approximate surface area is 66.4 Å². The molecule has 0 aromatic rings. The number of carbonyl (C=O) groups is 1. The summed E-state index contributed by atoms with van der Waals surface area (Å²) in [6.07, 6.45) is 2.07. The van der Waals surface area contributed by atoms with Crippen LogP contribution < -0.4 is 0 Å². The average molecular weight is 158 g/mol. The lowest BCUT2D eigenvalue weighted by atomic mass is 10.1. The van der Waals surface area contributed by atoms with Crippen LogP contribution in [0, 0.1) is 0 Å². The second-order valence-corrected chi connectivity index (χ2v) is 2.51. The molecule has 64 valence electrons. The molecule has 3 heteroatoms. The fraction of sp³-hybridized carbons (Fsp3) is 0.625. The van der Waals surface area contributed by atoms with Crippen LogP contribution in [0.1, 0.15) is 26.7 Å². The highest BCUT2D eigenvalue weighted by Gasteiger charge is 2.06. The van der Waals surface area contributed by atoms with Crippen LogP contribution in [0.4, 0.5) is 0 Å². The van der Waals surface area contributed by atoms with Crippen molar-refractivity contribution in [1.29, 1.82) is 0 Å². The highest BCUT2D eigenvalue weighted by Crippen LogP contribution is 2.07. The van der Waals surface area contributed by atoms with Crippen LogP contribution in [0.3, 0.4) is 0 Å². The van der Waals surface area contributed by atoms with Gasteiger partial charge in [0.15, 0.2) is 0 Å². The average Bonchev–Trinajstić information content (AvgIpc) is 1.87. The van der Waals surface area contributed by atoms with E-state index in [1.807, 2.05) is 0 Å². The topological polar surface area (TPSA) is 57.5 Å². The third-order valence-electron chi connectivity index (χ3n) is 1.45. The van der Waals surface area contributed by atoms with Crippen LogP contribution in [-0.2, 0) is 4.79 Å². The molecule has 0 radical (unpaired) electrons. The van der Waals surface area contributed by atoms with Crippen LogP contribution in [0.15, 0.2) is 11.6 Å². The van der Waals surface area contributed by atoms with Crippen molar-refractivity contribution >= 4 is 5.97 Å². The van der Waals surface area contributed by atoms with E-state index < -0.39 is 12.1 Å². The van der Waals surface area contributed by atoms with Gasteiger partial charge in [0.1, 0.15) is 0 Å². The minimum Gasteiger partial charge on any atom is -0.478 e. The number of aliphatic carboxylic acids is 1. The van der Waals surface area contributed by atoms with Crippen LogP contribution in [-0.4, -0.2) is 22.3 Å². The largest absolute Gasteiger partial charge is 0.478 e. The number of aliphatic hydroxyl groups is 1. The van der Waals surface area contributed by atoms with E-state index >= 15 is 0 Å². The molecular formula is C8H14O3. The molecule has 3 nitrogen and oxygen atoms in total. The molecule has 0 saturated carbocycles. The Bertz CT molecular complexity index is 159. The van der Waals surface area contributed by atoms with Crippen molar-refractivity contribution in [1.82, 2.24) is 0 Å². The van der Waals surface area contributed by atoms with Gasteiger partial charge < -0.3 is 10.2 Å². The van der Waals surface area contributed by atoms with E-state index in [9.17, 15) is 4.79 Å². The van der Waals surface area contributed by atoms with Gasteiger partial charge in [-0.1, -0.05) is 6.08 Å². The second kappa shape index (κ2) is 4.91. The molecule has 0 aliphatic rings. The maximum Gasteiger partial charge on any atom is 0.331 e. The quantitative estimate of drug-likeness (QED) is 0.604. The first-order valence-corrected chi connectivity index (χ1v) is 3.64. The zero-order chi connectivity index (χ0) is 8.85. The third kappa shape index (κ3) is 4.56. The predicted molar refractivity (Wildman–Crippen MR) is 42.3 cm³/mol. The summed E-state index contributed by atoms with van der Waals surface area (Å²) in [5, 5.41) is 17.4. The van der Waals surface area contributed by atoms with Crippen molar-refractivity contribution < 1.29 is 15.0 Å². The Balaban J connectivity index is 3.82. The van der Waals surface area contributed by atoms with E-state index in [0.29, 0.717) is 18.4 Å².